The molecule has 1 aliphatic rings. The molecule has 1 heterocycles. The first-order valence-corrected chi connectivity index (χ1v) is 6.98. The summed E-state index contributed by atoms with van der Waals surface area (Å²) in [5.41, 5.74) is 12.8. The van der Waals surface area contributed by atoms with E-state index in [9.17, 15) is 9.59 Å². The van der Waals surface area contributed by atoms with Gasteiger partial charge in [0.15, 0.2) is 0 Å². The van der Waals surface area contributed by atoms with E-state index in [2.05, 4.69) is 0 Å². The van der Waals surface area contributed by atoms with Crippen molar-refractivity contribution in [2.24, 2.45) is 11.7 Å². The highest BCUT2D eigenvalue weighted by atomic mass is 16.2. The molecule has 5 nitrogen and oxygen atoms in total. The highest BCUT2D eigenvalue weighted by Crippen LogP contribution is 2.17. The maximum atomic E-state index is 12.2. The van der Waals surface area contributed by atoms with Gasteiger partial charge in [-0.05, 0) is 37.0 Å². The molecule has 4 N–H and O–H groups in total. The molecule has 0 saturated carbocycles. The van der Waals surface area contributed by atoms with Gasteiger partial charge in [-0.1, -0.05) is 12.1 Å². The van der Waals surface area contributed by atoms with Gasteiger partial charge in [-0.3, -0.25) is 9.59 Å². The van der Waals surface area contributed by atoms with E-state index in [0.717, 1.165) is 24.9 Å². The summed E-state index contributed by atoms with van der Waals surface area (Å²) in [7, 11) is 0. The number of primary amides is 1. The van der Waals surface area contributed by atoms with Crippen LogP contribution in [0.25, 0.3) is 0 Å². The first-order chi connectivity index (χ1) is 9.56. The fraction of sp³-hybridized carbons (Fsp3) is 0.467. The molecule has 0 aliphatic carbocycles. The molecule has 0 aromatic heterocycles. The zero-order valence-electron chi connectivity index (χ0n) is 11.5. The summed E-state index contributed by atoms with van der Waals surface area (Å²) in [5, 5.41) is 0. The molecule has 1 atom stereocenters. The van der Waals surface area contributed by atoms with E-state index in [1.54, 1.807) is 4.90 Å². The lowest BCUT2D eigenvalue weighted by atomic mass is 9.97. The number of likely N-dealkylation sites (tertiary alicyclic amines) is 1. The molecule has 1 unspecified atom stereocenters. The first kappa shape index (κ1) is 14.4. The van der Waals surface area contributed by atoms with Crippen LogP contribution in [-0.2, 0) is 16.0 Å². The summed E-state index contributed by atoms with van der Waals surface area (Å²) < 4.78 is 0. The molecular formula is C15H21N3O2. The predicted molar refractivity (Wildman–Crippen MR) is 77.7 cm³/mol. The van der Waals surface area contributed by atoms with Gasteiger partial charge in [0.25, 0.3) is 0 Å². The molecule has 0 spiro atoms. The third-order valence-corrected chi connectivity index (χ3v) is 3.76. The van der Waals surface area contributed by atoms with Crippen LogP contribution in [0.1, 0.15) is 24.8 Å². The van der Waals surface area contributed by atoms with Gasteiger partial charge in [0, 0.05) is 25.2 Å². The van der Waals surface area contributed by atoms with E-state index in [0.29, 0.717) is 25.1 Å². The third kappa shape index (κ3) is 3.73. The Hall–Kier alpha value is -2.04. The van der Waals surface area contributed by atoms with E-state index in [1.807, 2.05) is 24.3 Å². The lowest BCUT2D eigenvalue weighted by Gasteiger charge is -2.31. The van der Waals surface area contributed by atoms with Crippen LogP contribution < -0.4 is 11.5 Å². The van der Waals surface area contributed by atoms with Crippen LogP contribution in [-0.4, -0.2) is 29.8 Å². The van der Waals surface area contributed by atoms with Crippen LogP contribution in [0.4, 0.5) is 5.69 Å². The molecule has 20 heavy (non-hydrogen) atoms. The lowest BCUT2D eigenvalue weighted by Crippen LogP contribution is -2.44. The molecular weight excluding hydrogens is 254 g/mol. The summed E-state index contributed by atoms with van der Waals surface area (Å²) >= 11 is 0. The van der Waals surface area contributed by atoms with Gasteiger partial charge in [-0.25, -0.2) is 0 Å². The second-order valence-corrected chi connectivity index (χ2v) is 5.33. The fourth-order valence-corrected chi connectivity index (χ4v) is 2.59. The van der Waals surface area contributed by atoms with Crippen LogP contribution in [0.2, 0.25) is 0 Å². The molecule has 108 valence electrons. The zero-order valence-corrected chi connectivity index (χ0v) is 11.5. The Morgan fingerprint density at radius 2 is 2.15 bits per heavy atom. The maximum absolute atomic E-state index is 12.2. The van der Waals surface area contributed by atoms with Crippen molar-refractivity contribution >= 4 is 17.5 Å². The van der Waals surface area contributed by atoms with Gasteiger partial charge < -0.3 is 16.4 Å². The van der Waals surface area contributed by atoms with E-state index in [-0.39, 0.29) is 17.7 Å². The third-order valence-electron chi connectivity index (χ3n) is 3.76. The average Bonchev–Trinajstić information content (AvgIpc) is 2.45. The number of anilines is 1. The average molecular weight is 275 g/mol. The smallest absolute Gasteiger partial charge is 0.222 e. The van der Waals surface area contributed by atoms with Crippen LogP contribution in [0, 0.1) is 5.92 Å². The largest absolute Gasteiger partial charge is 0.399 e. The Morgan fingerprint density at radius 3 is 2.85 bits per heavy atom. The van der Waals surface area contributed by atoms with Crippen molar-refractivity contribution in [3.63, 3.8) is 0 Å². The zero-order chi connectivity index (χ0) is 14.5. The molecule has 1 fully saturated rings. The number of carbonyl (C=O) groups is 2. The number of piperidine rings is 1. The molecule has 0 radical (unpaired) electrons. The molecule has 2 amide bonds. The van der Waals surface area contributed by atoms with Crippen LogP contribution in [0.3, 0.4) is 0 Å². The predicted octanol–water partition coefficient (Wildman–Crippen LogP) is 0.925. The normalized spacial score (nSPS) is 18.8. The van der Waals surface area contributed by atoms with Crippen molar-refractivity contribution < 1.29 is 9.59 Å². The van der Waals surface area contributed by atoms with Crippen LogP contribution in [0.5, 0.6) is 0 Å². The minimum Gasteiger partial charge on any atom is -0.399 e. The molecule has 0 bridgehead atoms. The highest BCUT2D eigenvalue weighted by Gasteiger charge is 2.26. The number of nitrogens with two attached hydrogens (primary N) is 2. The highest BCUT2D eigenvalue weighted by molar-refractivity contribution is 5.80. The number of aryl methyl sites for hydroxylation is 1. The summed E-state index contributed by atoms with van der Waals surface area (Å²) in [6, 6.07) is 7.56. The maximum Gasteiger partial charge on any atom is 0.222 e. The van der Waals surface area contributed by atoms with Gasteiger partial charge in [-0.2, -0.15) is 0 Å². The molecule has 2 rings (SSSR count). The van der Waals surface area contributed by atoms with E-state index in [1.165, 1.54) is 0 Å². The number of nitrogen functional groups attached to an aromatic ring is 1. The van der Waals surface area contributed by atoms with Gasteiger partial charge in [0.05, 0.1) is 5.92 Å². The Kier molecular flexibility index (Phi) is 4.61. The second-order valence-electron chi connectivity index (χ2n) is 5.33. The summed E-state index contributed by atoms with van der Waals surface area (Å²) in [6.07, 6.45) is 2.74. The standard InChI is InChI=1S/C15H21N3O2/c16-13-5-1-3-11(9-13)6-7-14(19)18-8-2-4-12(10-18)15(17)20/h1,3,5,9,12H,2,4,6-8,10,16H2,(H2,17,20). The van der Waals surface area contributed by atoms with Crippen molar-refractivity contribution in [1.82, 2.24) is 4.90 Å². The van der Waals surface area contributed by atoms with Crippen molar-refractivity contribution in [2.75, 3.05) is 18.8 Å². The molecule has 1 aromatic rings. The number of amides is 2. The Morgan fingerprint density at radius 1 is 1.35 bits per heavy atom. The lowest BCUT2D eigenvalue weighted by molar-refractivity contribution is -0.134. The van der Waals surface area contributed by atoms with Crippen molar-refractivity contribution in [1.29, 1.82) is 0 Å². The quantitative estimate of drug-likeness (QED) is 0.801. The Balaban J connectivity index is 1.87. The minimum atomic E-state index is -0.307. The Labute approximate surface area is 118 Å². The monoisotopic (exact) mass is 275 g/mol. The first-order valence-electron chi connectivity index (χ1n) is 6.98. The van der Waals surface area contributed by atoms with Crippen molar-refractivity contribution in [3.05, 3.63) is 29.8 Å². The number of nitrogens with zero attached hydrogens (tertiary/aromatic N) is 1. The minimum absolute atomic E-state index is 0.0818. The van der Waals surface area contributed by atoms with Crippen molar-refractivity contribution in [2.45, 2.75) is 25.7 Å². The molecule has 1 aliphatic heterocycles. The number of carbonyl (C=O) groups excluding carboxylic acids is 2. The van der Waals surface area contributed by atoms with Gasteiger partial charge in [0.2, 0.25) is 11.8 Å². The van der Waals surface area contributed by atoms with E-state index < -0.39 is 0 Å². The number of benzene rings is 1. The molecule has 1 aromatic carbocycles. The number of hydrogen-bond acceptors (Lipinski definition) is 3. The fourth-order valence-electron chi connectivity index (χ4n) is 2.59. The van der Waals surface area contributed by atoms with Gasteiger partial charge >= 0.3 is 0 Å². The molecule has 5 heteroatoms. The van der Waals surface area contributed by atoms with Crippen LogP contribution in [0.15, 0.2) is 24.3 Å². The number of hydrogen-bond donors (Lipinski definition) is 2. The topological polar surface area (TPSA) is 89.4 Å². The van der Waals surface area contributed by atoms with Crippen molar-refractivity contribution in [3.8, 4) is 0 Å². The summed E-state index contributed by atoms with van der Waals surface area (Å²) in [5.74, 6) is -0.420. The van der Waals surface area contributed by atoms with Gasteiger partial charge in [-0.15, -0.1) is 0 Å². The second kappa shape index (κ2) is 6.41. The molecule has 1 saturated heterocycles. The summed E-state index contributed by atoms with van der Waals surface area (Å²) in [6.45, 7) is 1.19. The van der Waals surface area contributed by atoms with Gasteiger partial charge in [0.1, 0.15) is 0 Å². The van der Waals surface area contributed by atoms with E-state index in [4.69, 9.17) is 11.5 Å². The Bertz CT molecular complexity index is 502. The number of rotatable bonds is 4. The van der Waals surface area contributed by atoms with E-state index >= 15 is 0 Å². The summed E-state index contributed by atoms with van der Waals surface area (Å²) in [4.78, 5) is 25.1. The SMILES string of the molecule is NC(=O)C1CCCN(C(=O)CCc2cccc(N)c2)C1. The van der Waals surface area contributed by atoms with Crippen LogP contribution >= 0.6 is 0 Å².